The Labute approximate surface area is 117 Å². The lowest BCUT2D eigenvalue weighted by Crippen LogP contribution is -1.84. The van der Waals surface area contributed by atoms with Gasteiger partial charge in [-0.15, -0.1) is 0 Å². The molecule has 2 aromatic carbocycles. The lowest BCUT2D eigenvalue weighted by molar-refractivity contribution is 1.43. The van der Waals surface area contributed by atoms with Crippen LogP contribution in [0.1, 0.15) is 5.56 Å². The van der Waals surface area contributed by atoms with Crippen LogP contribution in [0.2, 0.25) is 0 Å². The van der Waals surface area contributed by atoms with Gasteiger partial charge in [-0.1, -0.05) is 18.2 Å². The SMILES string of the molecule is Cc1cc(I)ccc1-c1cccc(I)c1. The van der Waals surface area contributed by atoms with Gasteiger partial charge in [0, 0.05) is 7.14 Å². The van der Waals surface area contributed by atoms with E-state index in [4.69, 9.17) is 0 Å². The fourth-order valence-corrected chi connectivity index (χ4v) is 2.80. The predicted molar refractivity (Wildman–Crippen MR) is 82.0 cm³/mol. The molecule has 0 aliphatic carbocycles. The maximum Gasteiger partial charge on any atom is 0.0136 e. The molecule has 0 N–H and O–H groups in total. The summed E-state index contributed by atoms with van der Waals surface area (Å²) >= 11 is 4.70. The summed E-state index contributed by atoms with van der Waals surface area (Å²) in [5.74, 6) is 0. The molecule has 0 heterocycles. The van der Waals surface area contributed by atoms with Crippen LogP contribution in [-0.4, -0.2) is 0 Å². The molecule has 0 atom stereocenters. The molecule has 0 aromatic heterocycles. The number of benzene rings is 2. The van der Waals surface area contributed by atoms with Crippen molar-refractivity contribution in [1.82, 2.24) is 0 Å². The maximum atomic E-state index is 2.35. The van der Waals surface area contributed by atoms with Crippen LogP contribution in [0.25, 0.3) is 11.1 Å². The molecule has 15 heavy (non-hydrogen) atoms. The number of rotatable bonds is 1. The van der Waals surface area contributed by atoms with Gasteiger partial charge in [0.25, 0.3) is 0 Å². The Morgan fingerprint density at radius 3 is 2.27 bits per heavy atom. The first-order valence-electron chi connectivity index (χ1n) is 4.69. The minimum atomic E-state index is 1.28. The van der Waals surface area contributed by atoms with Crippen molar-refractivity contribution >= 4 is 45.2 Å². The Morgan fingerprint density at radius 2 is 1.60 bits per heavy atom. The van der Waals surface area contributed by atoms with E-state index in [1.807, 2.05) is 0 Å². The molecular weight excluding hydrogens is 410 g/mol. The highest BCUT2D eigenvalue weighted by Gasteiger charge is 2.02. The average Bonchev–Trinajstić information content (AvgIpc) is 2.17. The smallest absolute Gasteiger partial charge is 0.0136 e. The molecule has 2 heteroatoms. The van der Waals surface area contributed by atoms with Crippen molar-refractivity contribution in [2.24, 2.45) is 0 Å². The molecule has 76 valence electrons. The van der Waals surface area contributed by atoms with Crippen molar-refractivity contribution in [3.05, 3.63) is 55.2 Å². The summed E-state index contributed by atoms with van der Waals surface area (Å²) in [7, 11) is 0. The van der Waals surface area contributed by atoms with Gasteiger partial charge in [0.15, 0.2) is 0 Å². The highest BCUT2D eigenvalue weighted by atomic mass is 127. The van der Waals surface area contributed by atoms with Crippen molar-refractivity contribution in [1.29, 1.82) is 0 Å². The molecule has 0 unspecified atom stereocenters. The predicted octanol–water partition coefficient (Wildman–Crippen LogP) is 4.87. The number of halogens is 2. The standard InChI is InChI=1S/C13H10I2/c1-9-7-12(15)5-6-13(9)10-3-2-4-11(14)8-10/h2-8H,1H3. The lowest BCUT2D eigenvalue weighted by atomic mass is 10.0. The van der Waals surface area contributed by atoms with E-state index in [1.54, 1.807) is 0 Å². The molecule has 0 bridgehead atoms. The third-order valence-electron chi connectivity index (χ3n) is 2.32. The van der Waals surface area contributed by atoms with Gasteiger partial charge in [-0.3, -0.25) is 0 Å². The third-order valence-corrected chi connectivity index (χ3v) is 3.67. The topological polar surface area (TPSA) is 0 Å². The third kappa shape index (κ3) is 2.72. The zero-order chi connectivity index (χ0) is 10.8. The Bertz CT molecular complexity index is 490. The van der Waals surface area contributed by atoms with Gasteiger partial charge >= 0.3 is 0 Å². The second-order valence-corrected chi connectivity index (χ2v) is 5.96. The summed E-state index contributed by atoms with van der Waals surface area (Å²) in [6, 6.07) is 15.2. The molecule has 0 saturated heterocycles. The van der Waals surface area contributed by atoms with Crippen LogP contribution in [0.4, 0.5) is 0 Å². The van der Waals surface area contributed by atoms with Gasteiger partial charge in [0.1, 0.15) is 0 Å². The van der Waals surface area contributed by atoms with Crippen LogP contribution in [0.5, 0.6) is 0 Å². The molecular formula is C13H10I2. The summed E-state index contributed by atoms with van der Waals surface area (Å²) < 4.78 is 2.57. The van der Waals surface area contributed by atoms with E-state index in [0.717, 1.165) is 0 Å². The van der Waals surface area contributed by atoms with Crippen molar-refractivity contribution < 1.29 is 0 Å². The maximum absolute atomic E-state index is 2.35. The molecule has 2 aromatic rings. The van der Waals surface area contributed by atoms with Gasteiger partial charge in [0.2, 0.25) is 0 Å². The average molecular weight is 420 g/mol. The van der Waals surface area contributed by atoms with E-state index >= 15 is 0 Å². The quantitative estimate of drug-likeness (QED) is 0.578. The zero-order valence-electron chi connectivity index (χ0n) is 8.30. The molecule has 0 spiro atoms. The second kappa shape index (κ2) is 4.82. The van der Waals surface area contributed by atoms with Crippen molar-refractivity contribution in [2.75, 3.05) is 0 Å². The molecule has 0 aliphatic heterocycles. The lowest BCUT2D eigenvalue weighted by Gasteiger charge is -2.06. The van der Waals surface area contributed by atoms with Crippen LogP contribution >= 0.6 is 45.2 Å². The summed E-state index contributed by atoms with van der Waals surface area (Å²) in [5.41, 5.74) is 3.97. The van der Waals surface area contributed by atoms with Gasteiger partial charge < -0.3 is 0 Å². The molecule has 2 rings (SSSR count). The van der Waals surface area contributed by atoms with Gasteiger partial charge in [0.05, 0.1) is 0 Å². The van der Waals surface area contributed by atoms with Crippen LogP contribution in [0.15, 0.2) is 42.5 Å². The van der Waals surface area contributed by atoms with Crippen LogP contribution in [0.3, 0.4) is 0 Å². The second-order valence-electron chi connectivity index (χ2n) is 3.47. The fraction of sp³-hybridized carbons (Fsp3) is 0.0769. The Kier molecular flexibility index (Phi) is 3.66. The first-order chi connectivity index (χ1) is 7.16. The highest BCUT2D eigenvalue weighted by molar-refractivity contribution is 14.1. The molecule has 0 radical (unpaired) electrons. The zero-order valence-corrected chi connectivity index (χ0v) is 12.6. The molecule has 0 aliphatic rings. The van der Waals surface area contributed by atoms with Crippen molar-refractivity contribution in [3.63, 3.8) is 0 Å². The minimum Gasteiger partial charge on any atom is -0.0606 e. The Balaban J connectivity index is 2.54. The largest absolute Gasteiger partial charge is 0.0606 e. The number of hydrogen-bond acceptors (Lipinski definition) is 0. The summed E-state index contributed by atoms with van der Waals surface area (Å²) in [6.07, 6.45) is 0. The fourth-order valence-electron chi connectivity index (χ4n) is 1.61. The molecule has 0 nitrogen and oxygen atoms in total. The highest BCUT2D eigenvalue weighted by Crippen LogP contribution is 2.25. The van der Waals surface area contributed by atoms with Gasteiger partial charge in [-0.25, -0.2) is 0 Å². The van der Waals surface area contributed by atoms with Crippen LogP contribution in [-0.2, 0) is 0 Å². The molecule has 0 saturated carbocycles. The summed E-state index contributed by atoms with van der Waals surface area (Å²) in [6.45, 7) is 2.16. The Hall–Kier alpha value is -0.100. The van der Waals surface area contributed by atoms with Gasteiger partial charge in [-0.05, 0) is 93.1 Å². The monoisotopic (exact) mass is 420 g/mol. The van der Waals surface area contributed by atoms with Crippen LogP contribution in [0, 0.1) is 14.1 Å². The van der Waals surface area contributed by atoms with E-state index in [0.29, 0.717) is 0 Å². The Morgan fingerprint density at radius 1 is 0.867 bits per heavy atom. The summed E-state index contributed by atoms with van der Waals surface area (Å²) in [5, 5.41) is 0. The van der Waals surface area contributed by atoms with E-state index in [-0.39, 0.29) is 0 Å². The summed E-state index contributed by atoms with van der Waals surface area (Å²) in [4.78, 5) is 0. The number of aryl methyl sites for hydroxylation is 1. The van der Waals surface area contributed by atoms with E-state index in [1.165, 1.54) is 23.8 Å². The van der Waals surface area contributed by atoms with E-state index < -0.39 is 0 Å². The number of hydrogen-bond donors (Lipinski definition) is 0. The van der Waals surface area contributed by atoms with Crippen molar-refractivity contribution in [2.45, 2.75) is 6.92 Å². The van der Waals surface area contributed by atoms with E-state index in [9.17, 15) is 0 Å². The normalized spacial score (nSPS) is 10.3. The first kappa shape index (κ1) is 11.4. The molecule has 0 fully saturated rings. The van der Waals surface area contributed by atoms with Crippen LogP contribution < -0.4 is 0 Å². The molecule has 0 amide bonds. The minimum absolute atomic E-state index is 1.28. The first-order valence-corrected chi connectivity index (χ1v) is 6.84. The van der Waals surface area contributed by atoms with Crippen molar-refractivity contribution in [3.8, 4) is 11.1 Å². The van der Waals surface area contributed by atoms with Gasteiger partial charge in [-0.2, -0.15) is 0 Å². The van der Waals surface area contributed by atoms with E-state index in [2.05, 4.69) is 94.6 Å².